The summed E-state index contributed by atoms with van der Waals surface area (Å²) in [7, 11) is 0. The first kappa shape index (κ1) is 61.8. The smallest absolute Gasteiger partial charge is 0.328 e. The minimum Gasteiger partial charge on any atom is -0.480 e. The lowest BCUT2D eigenvalue weighted by Crippen LogP contribution is -2.60. The zero-order valence-corrected chi connectivity index (χ0v) is 40.4. The largest absolute Gasteiger partial charge is 0.480 e. The molecule has 68 heavy (non-hydrogen) atoms. The molecule has 0 bridgehead atoms. The molecule has 26 heteroatoms. The fraction of sp³-hybridized carbons (Fsp3) is 0.738. The van der Waals surface area contributed by atoms with Gasteiger partial charge in [0.2, 0.25) is 53.2 Å². The first-order chi connectivity index (χ1) is 31.8. The van der Waals surface area contributed by atoms with Gasteiger partial charge >= 0.3 is 5.97 Å². The van der Waals surface area contributed by atoms with Crippen LogP contribution in [0.15, 0.2) is 4.99 Å². The number of nitrogens with two attached hydrogens (primary N) is 3. The first-order valence-corrected chi connectivity index (χ1v) is 22.7. The number of carboxylic acids is 1. The van der Waals surface area contributed by atoms with E-state index < -0.39 is 133 Å². The van der Waals surface area contributed by atoms with Crippen LogP contribution in [0.25, 0.3) is 0 Å². The summed E-state index contributed by atoms with van der Waals surface area (Å²) in [5, 5.41) is 50.4. The van der Waals surface area contributed by atoms with Crippen molar-refractivity contribution in [3.63, 3.8) is 0 Å². The van der Waals surface area contributed by atoms with Crippen molar-refractivity contribution >= 4 is 65.1 Å². The Balaban J connectivity index is 6.04. The van der Waals surface area contributed by atoms with Crippen LogP contribution in [0.1, 0.15) is 100 Å². The highest BCUT2D eigenvalue weighted by Crippen LogP contribution is 2.11. The molecule has 0 unspecified atom stereocenters. The second-order valence-corrected chi connectivity index (χ2v) is 17.2. The summed E-state index contributed by atoms with van der Waals surface area (Å²) < 4.78 is 0. The molecular formula is C42H77N13O13. The molecule has 0 aromatic carbocycles. The quantitative estimate of drug-likeness (QED) is 0.0166. The molecule has 0 aromatic rings. The fourth-order valence-corrected chi connectivity index (χ4v) is 6.33. The van der Waals surface area contributed by atoms with Gasteiger partial charge < -0.3 is 80.4 Å². The number of nitrogens with zero attached hydrogens (tertiary/aromatic N) is 1. The summed E-state index contributed by atoms with van der Waals surface area (Å²) >= 11 is 0. The number of nitrogens with one attached hydrogen (secondary N) is 9. The van der Waals surface area contributed by atoms with E-state index in [2.05, 4.69) is 47.5 Å². The van der Waals surface area contributed by atoms with E-state index in [1.54, 1.807) is 41.5 Å². The molecule has 0 aliphatic carbocycles. The van der Waals surface area contributed by atoms with Crippen molar-refractivity contribution in [2.75, 3.05) is 32.8 Å². The molecule has 9 atom stereocenters. The predicted molar refractivity (Wildman–Crippen MR) is 248 cm³/mol. The van der Waals surface area contributed by atoms with Crippen LogP contribution >= 0.6 is 0 Å². The van der Waals surface area contributed by atoms with Gasteiger partial charge in [0.05, 0.1) is 19.8 Å². The molecule has 0 spiro atoms. The van der Waals surface area contributed by atoms with Gasteiger partial charge in [-0.15, -0.1) is 0 Å². The summed E-state index contributed by atoms with van der Waals surface area (Å²) in [5.74, 6) is -9.77. The average Bonchev–Trinajstić information content (AvgIpc) is 3.26. The number of aliphatic hydroxyl groups is 2. The molecule has 0 rings (SSSR count). The number of guanidine groups is 1. The number of carbonyl (C=O) groups is 10. The van der Waals surface area contributed by atoms with Crippen LogP contribution in [0, 0.1) is 17.8 Å². The van der Waals surface area contributed by atoms with E-state index in [1.807, 2.05) is 5.32 Å². The number of amides is 9. The highest BCUT2D eigenvalue weighted by Gasteiger charge is 2.34. The monoisotopic (exact) mass is 972 g/mol. The highest BCUT2D eigenvalue weighted by atomic mass is 16.4. The van der Waals surface area contributed by atoms with E-state index in [9.17, 15) is 58.2 Å². The van der Waals surface area contributed by atoms with E-state index >= 15 is 0 Å². The maximum atomic E-state index is 13.7. The molecular weight excluding hydrogens is 895 g/mol. The number of aliphatic carboxylic acids is 1. The van der Waals surface area contributed by atoms with Crippen molar-refractivity contribution in [2.24, 2.45) is 39.9 Å². The summed E-state index contributed by atoms with van der Waals surface area (Å²) in [4.78, 5) is 134. The Morgan fingerprint density at radius 1 is 0.574 bits per heavy atom. The maximum absolute atomic E-state index is 13.7. The topological polar surface area (TPSA) is 430 Å². The zero-order chi connectivity index (χ0) is 52.3. The van der Waals surface area contributed by atoms with Gasteiger partial charge in [-0.25, -0.2) is 4.79 Å². The number of aliphatic hydroxyl groups excluding tert-OH is 2. The highest BCUT2D eigenvalue weighted by molar-refractivity contribution is 5.97. The first-order valence-electron chi connectivity index (χ1n) is 22.7. The van der Waals surface area contributed by atoms with Crippen molar-refractivity contribution in [2.45, 2.75) is 149 Å². The Morgan fingerprint density at radius 2 is 1.09 bits per heavy atom. The number of aliphatic imine (C=N–C) groups is 1. The van der Waals surface area contributed by atoms with Crippen molar-refractivity contribution in [1.82, 2.24) is 47.9 Å². The van der Waals surface area contributed by atoms with Crippen molar-refractivity contribution < 1.29 is 63.3 Å². The lowest BCUT2D eigenvalue weighted by Gasteiger charge is -2.27. The Labute approximate surface area is 397 Å². The summed E-state index contributed by atoms with van der Waals surface area (Å²) in [6, 6.07) is -10.5. The molecule has 0 aliphatic rings. The number of hydrogen-bond acceptors (Lipinski definition) is 14. The second kappa shape index (κ2) is 32.5. The molecule has 0 saturated carbocycles. The van der Waals surface area contributed by atoms with Gasteiger partial charge in [-0.3, -0.25) is 48.1 Å². The SMILES string of the molecule is CC[C@H](C)[C@H](NC(=O)[C@H](C)NC(=O)[C@H](CCCN=C(N)N)NC(=O)[C@@H](NC(C)=O)C(C)C)C(=O)NCC(=O)N[C@@H](CCCCN)C(=O)N[C@@H](CC(C)C)C(=O)N[C@@H](CO)C(=O)N[C@@H](CO)C(=O)O. The summed E-state index contributed by atoms with van der Waals surface area (Å²) in [6.07, 6.45) is 1.61. The molecule has 0 aromatic heterocycles. The van der Waals surface area contributed by atoms with Crippen LogP contribution < -0.4 is 65.1 Å². The summed E-state index contributed by atoms with van der Waals surface area (Å²) in [6.45, 7) is 10.8. The molecule has 0 fully saturated rings. The zero-order valence-electron chi connectivity index (χ0n) is 40.4. The van der Waals surface area contributed by atoms with Gasteiger partial charge in [0.1, 0.15) is 48.3 Å². The van der Waals surface area contributed by atoms with Crippen molar-refractivity contribution in [3.8, 4) is 0 Å². The predicted octanol–water partition coefficient (Wildman–Crippen LogP) is -4.98. The molecule has 26 nitrogen and oxygen atoms in total. The summed E-state index contributed by atoms with van der Waals surface area (Å²) in [5.41, 5.74) is 16.5. The van der Waals surface area contributed by atoms with Crippen molar-refractivity contribution in [1.29, 1.82) is 0 Å². The van der Waals surface area contributed by atoms with E-state index in [1.165, 1.54) is 13.8 Å². The molecule has 18 N–H and O–H groups in total. The Morgan fingerprint density at radius 3 is 1.60 bits per heavy atom. The molecule has 0 saturated heterocycles. The van der Waals surface area contributed by atoms with Gasteiger partial charge in [-0.2, -0.15) is 0 Å². The van der Waals surface area contributed by atoms with E-state index in [4.69, 9.17) is 22.3 Å². The maximum Gasteiger partial charge on any atom is 0.328 e. The van der Waals surface area contributed by atoms with Gasteiger partial charge in [0, 0.05) is 13.5 Å². The van der Waals surface area contributed by atoms with Crippen LogP contribution in [0.4, 0.5) is 0 Å². The Kier molecular flexibility index (Phi) is 29.6. The van der Waals surface area contributed by atoms with Crippen LogP contribution in [-0.4, -0.2) is 162 Å². The third-order valence-electron chi connectivity index (χ3n) is 10.4. The lowest BCUT2D eigenvalue weighted by atomic mass is 9.98. The third-order valence-corrected chi connectivity index (χ3v) is 10.4. The van der Waals surface area contributed by atoms with Gasteiger partial charge in [0.25, 0.3) is 0 Å². The number of carbonyl (C=O) groups excluding carboxylic acids is 9. The molecule has 0 radical (unpaired) electrons. The Bertz CT molecular complexity index is 1730. The van der Waals surface area contributed by atoms with E-state index in [-0.39, 0.29) is 56.6 Å². The van der Waals surface area contributed by atoms with Crippen LogP contribution in [-0.2, 0) is 47.9 Å². The van der Waals surface area contributed by atoms with Crippen LogP contribution in [0.3, 0.4) is 0 Å². The second-order valence-electron chi connectivity index (χ2n) is 17.2. The third kappa shape index (κ3) is 24.0. The van der Waals surface area contributed by atoms with Crippen LogP contribution in [0.5, 0.6) is 0 Å². The molecule has 9 amide bonds. The number of carboxylic acid groups (broad SMARTS) is 1. The van der Waals surface area contributed by atoms with E-state index in [0.29, 0.717) is 19.3 Å². The minimum absolute atomic E-state index is 0.0345. The number of hydrogen-bond donors (Lipinski definition) is 15. The number of rotatable bonds is 33. The average molecular weight is 972 g/mol. The standard InChI is InChI=1S/C42H77N13O13/c1-9-23(6)33(55-34(60)24(7)48-35(61)27(14-12-16-46-42(44)45)51-40(66)32(22(4)5)49-25(8)58)39(65)47-18-31(59)50-26(13-10-11-15-43)36(62)52-28(17-21(2)3)37(63)53-29(19-56)38(64)54-30(20-57)41(67)68/h21-24,26-30,32-33,56-57H,9-20,43H2,1-8H3,(H,47,65)(H,48,61)(H,49,58)(H,50,59)(H,51,66)(H,52,62)(H,53,63)(H,54,64)(H,55,60)(H,67,68)(H4,44,45,46)/t23-,24-,26-,27-,28-,29-,30-,32-,33-/m0/s1. The van der Waals surface area contributed by atoms with Crippen molar-refractivity contribution in [3.05, 3.63) is 0 Å². The van der Waals surface area contributed by atoms with Gasteiger partial charge in [-0.05, 0) is 69.7 Å². The van der Waals surface area contributed by atoms with Crippen LogP contribution in [0.2, 0.25) is 0 Å². The fourth-order valence-electron chi connectivity index (χ4n) is 6.33. The lowest BCUT2D eigenvalue weighted by molar-refractivity contribution is -0.143. The number of unbranched alkanes of at least 4 members (excludes halogenated alkanes) is 1. The minimum atomic E-state index is -1.71. The van der Waals surface area contributed by atoms with Gasteiger partial charge in [0.15, 0.2) is 5.96 Å². The Hall–Kier alpha value is -6.15. The van der Waals surface area contributed by atoms with E-state index in [0.717, 1.165) is 0 Å². The molecule has 388 valence electrons. The molecule has 0 heterocycles. The van der Waals surface area contributed by atoms with Gasteiger partial charge in [-0.1, -0.05) is 48.0 Å². The normalized spacial score (nSPS) is 15.0. The molecule has 0 aliphatic heterocycles.